The van der Waals surface area contributed by atoms with E-state index in [4.69, 9.17) is 0 Å². The first-order valence-electron chi connectivity index (χ1n) is 4.44. The van der Waals surface area contributed by atoms with Gasteiger partial charge in [-0.15, -0.1) is 0 Å². The Morgan fingerprint density at radius 2 is 1.62 bits per heavy atom. The summed E-state index contributed by atoms with van der Waals surface area (Å²) in [5, 5.41) is 0. The van der Waals surface area contributed by atoms with Gasteiger partial charge in [-0.25, -0.2) is 0 Å². The minimum atomic E-state index is 0.959. The van der Waals surface area contributed by atoms with Gasteiger partial charge in [-0.05, 0) is 39.3 Å². The zero-order chi connectivity index (χ0) is 10.4. The average molecular weight is 177 g/mol. The van der Waals surface area contributed by atoms with Crippen LogP contribution >= 0.6 is 0 Å². The van der Waals surface area contributed by atoms with E-state index in [0.29, 0.717) is 0 Å². The third-order valence-corrected chi connectivity index (χ3v) is 1.96. The Morgan fingerprint density at radius 3 is 1.92 bits per heavy atom. The lowest BCUT2D eigenvalue weighted by atomic mass is 10.1. The third kappa shape index (κ3) is 4.46. The van der Waals surface area contributed by atoms with Crippen molar-refractivity contribution < 1.29 is 0 Å². The van der Waals surface area contributed by atoms with Crippen molar-refractivity contribution in [1.29, 1.82) is 0 Å². The third-order valence-electron chi connectivity index (χ3n) is 1.96. The molecule has 1 nitrogen and oxygen atoms in total. The Morgan fingerprint density at radius 1 is 1.08 bits per heavy atom. The van der Waals surface area contributed by atoms with E-state index in [1.807, 2.05) is 13.0 Å². The fourth-order valence-electron chi connectivity index (χ4n) is 0.778. The van der Waals surface area contributed by atoms with Crippen LogP contribution in [0.4, 0.5) is 0 Å². The number of hydrogen-bond donors (Lipinski definition) is 0. The first kappa shape index (κ1) is 11.9. The molecule has 0 aliphatic heterocycles. The van der Waals surface area contributed by atoms with Crippen molar-refractivity contribution >= 4 is 5.71 Å². The fourth-order valence-corrected chi connectivity index (χ4v) is 0.778. The second-order valence-electron chi connectivity index (χ2n) is 3.41. The molecular formula is C12H19N. The second-order valence-corrected chi connectivity index (χ2v) is 3.41. The Bertz CT molecular complexity index is 273. The summed E-state index contributed by atoms with van der Waals surface area (Å²) in [6.07, 6.45) is 4.08. The maximum absolute atomic E-state index is 4.13. The Hall–Kier alpha value is -1.11. The highest BCUT2D eigenvalue weighted by molar-refractivity contribution is 6.07. The van der Waals surface area contributed by atoms with Crippen molar-refractivity contribution in [2.75, 3.05) is 7.05 Å². The van der Waals surface area contributed by atoms with Crippen molar-refractivity contribution in [3.8, 4) is 0 Å². The first-order valence-corrected chi connectivity index (χ1v) is 4.44. The Labute approximate surface area is 81.6 Å². The summed E-state index contributed by atoms with van der Waals surface area (Å²) < 4.78 is 0. The number of rotatable bonds is 3. The topological polar surface area (TPSA) is 12.4 Å². The molecule has 0 saturated carbocycles. The zero-order valence-electron chi connectivity index (χ0n) is 9.31. The molecule has 0 rings (SSSR count). The molecule has 0 fully saturated rings. The van der Waals surface area contributed by atoms with Crippen molar-refractivity contribution in [2.24, 2.45) is 4.99 Å². The summed E-state index contributed by atoms with van der Waals surface area (Å²) in [6, 6.07) is 0. The first-order chi connectivity index (χ1) is 5.99. The van der Waals surface area contributed by atoms with Crippen molar-refractivity contribution in [2.45, 2.75) is 27.7 Å². The summed E-state index contributed by atoms with van der Waals surface area (Å²) >= 11 is 0. The maximum atomic E-state index is 4.13. The van der Waals surface area contributed by atoms with Crippen LogP contribution in [0.25, 0.3) is 0 Å². The van der Waals surface area contributed by atoms with Gasteiger partial charge in [-0.1, -0.05) is 23.8 Å². The van der Waals surface area contributed by atoms with Crippen LogP contribution in [0.15, 0.2) is 40.4 Å². The van der Waals surface area contributed by atoms with E-state index in [1.165, 1.54) is 11.1 Å². The standard InChI is InChI=1S/C12H19N/c1-9(2)11(5)7-8-12(13-6)10(3)4/h7-8H,3H2,1-2,4-6H3/b8-7-,13-12+. The number of allylic oxidation sites excluding steroid dienone is 5. The molecule has 13 heavy (non-hydrogen) atoms. The predicted molar refractivity (Wildman–Crippen MR) is 61.4 cm³/mol. The molecule has 0 atom stereocenters. The molecule has 0 aromatic heterocycles. The molecule has 0 heterocycles. The highest BCUT2D eigenvalue weighted by Crippen LogP contribution is 2.04. The van der Waals surface area contributed by atoms with Gasteiger partial charge in [0.2, 0.25) is 0 Å². The summed E-state index contributed by atoms with van der Waals surface area (Å²) in [5.74, 6) is 0. The largest absolute Gasteiger partial charge is 0.288 e. The minimum Gasteiger partial charge on any atom is -0.288 e. The van der Waals surface area contributed by atoms with Gasteiger partial charge in [0.15, 0.2) is 0 Å². The Balaban J connectivity index is 4.62. The van der Waals surface area contributed by atoms with Gasteiger partial charge in [0, 0.05) is 7.05 Å². The van der Waals surface area contributed by atoms with E-state index in [9.17, 15) is 0 Å². The van der Waals surface area contributed by atoms with E-state index in [0.717, 1.165) is 11.3 Å². The fraction of sp³-hybridized carbons (Fsp3) is 0.417. The molecule has 0 spiro atoms. The van der Waals surface area contributed by atoms with E-state index < -0.39 is 0 Å². The van der Waals surface area contributed by atoms with Crippen LogP contribution in [0.3, 0.4) is 0 Å². The average Bonchev–Trinajstić information content (AvgIpc) is 2.04. The molecule has 0 bridgehead atoms. The monoisotopic (exact) mass is 177 g/mol. The summed E-state index contributed by atoms with van der Waals surface area (Å²) in [4.78, 5) is 4.13. The van der Waals surface area contributed by atoms with E-state index in [1.54, 1.807) is 7.05 Å². The smallest absolute Gasteiger partial charge is 0.0594 e. The second kappa shape index (κ2) is 5.52. The van der Waals surface area contributed by atoms with Crippen LogP contribution in [0.5, 0.6) is 0 Å². The van der Waals surface area contributed by atoms with Gasteiger partial charge in [-0.2, -0.15) is 0 Å². The number of nitrogens with zero attached hydrogens (tertiary/aromatic N) is 1. The molecule has 0 aromatic rings. The summed E-state index contributed by atoms with van der Waals surface area (Å²) in [5.41, 5.74) is 4.57. The highest BCUT2D eigenvalue weighted by Gasteiger charge is 1.92. The van der Waals surface area contributed by atoms with E-state index in [-0.39, 0.29) is 0 Å². The molecule has 0 aliphatic carbocycles. The zero-order valence-corrected chi connectivity index (χ0v) is 9.31. The van der Waals surface area contributed by atoms with Gasteiger partial charge >= 0.3 is 0 Å². The van der Waals surface area contributed by atoms with Crippen LogP contribution in [0.1, 0.15) is 27.7 Å². The van der Waals surface area contributed by atoms with Gasteiger partial charge in [-0.3, -0.25) is 4.99 Å². The van der Waals surface area contributed by atoms with Crippen LogP contribution in [0.2, 0.25) is 0 Å². The molecule has 1 heteroatoms. The molecule has 0 aliphatic rings. The van der Waals surface area contributed by atoms with Crippen LogP contribution in [-0.2, 0) is 0 Å². The molecule has 0 N–H and O–H groups in total. The molecule has 72 valence electrons. The lowest BCUT2D eigenvalue weighted by molar-refractivity contribution is 1.29. The lowest BCUT2D eigenvalue weighted by Crippen LogP contribution is -1.93. The van der Waals surface area contributed by atoms with E-state index >= 15 is 0 Å². The van der Waals surface area contributed by atoms with Gasteiger partial charge < -0.3 is 0 Å². The quantitative estimate of drug-likeness (QED) is 0.462. The number of aliphatic imine (C=N–C) groups is 1. The molecular weight excluding hydrogens is 158 g/mol. The predicted octanol–water partition coefficient (Wildman–Crippen LogP) is 3.55. The molecule has 0 amide bonds. The lowest BCUT2D eigenvalue weighted by Gasteiger charge is -1.98. The Kier molecular flexibility index (Phi) is 5.05. The van der Waals surface area contributed by atoms with Crippen molar-refractivity contribution in [3.63, 3.8) is 0 Å². The number of hydrogen-bond acceptors (Lipinski definition) is 1. The summed E-state index contributed by atoms with van der Waals surface area (Å²) in [6.45, 7) is 12.1. The molecule has 0 aromatic carbocycles. The minimum absolute atomic E-state index is 0.959. The van der Waals surface area contributed by atoms with Crippen LogP contribution < -0.4 is 0 Å². The maximum Gasteiger partial charge on any atom is 0.0594 e. The van der Waals surface area contributed by atoms with Crippen LogP contribution in [-0.4, -0.2) is 12.8 Å². The molecule has 0 radical (unpaired) electrons. The van der Waals surface area contributed by atoms with Gasteiger partial charge in [0.25, 0.3) is 0 Å². The van der Waals surface area contributed by atoms with Crippen LogP contribution in [0, 0.1) is 0 Å². The van der Waals surface area contributed by atoms with Gasteiger partial charge in [0.05, 0.1) is 5.71 Å². The normalized spacial score (nSPS) is 11.9. The van der Waals surface area contributed by atoms with Gasteiger partial charge in [0.1, 0.15) is 0 Å². The molecule has 0 saturated heterocycles. The summed E-state index contributed by atoms with van der Waals surface area (Å²) in [7, 11) is 1.78. The van der Waals surface area contributed by atoms with Crippen molar-refractivity contribution in [1.82, 2.24) is 0 Å². The van der Waals surface area contributed by atoms with E-state index in [2.05, 4.69) is 38.4 Å². The molecule has 0 unspecified atom stereocenters. The highest BCUT2D eigenvalue weighted by atomic mass is 14.7. The SMILES string of the molecule is C=C(C)C(/C=C\C(C)=C(C)C)=N/C. The van der Waals surface area contributed by atoms with Crippen molar-refractivity contribution in [3.05, 3.63) is 35.5 Å².